The van der Waals surface area contributed by atoms with Crippen molar-refractivity contribution in [3.63, 3.8) is 0 Å². The molecule has 0 atom stereocenters. The standard InChI is InChI=1S/C19H20ClF2N5O3/c1-19(21,22)11-30-18-14(20)7-12(8-25-18)9-27-10-13-15(26-27)3-5-23-16(13)17(29)24-4-2-6-28/h3,5,7-8,10,28H,2,4,6,9,11H2,1H3,(H,24,29). The first-order valence-corrected chi connectivity index (χ1v) is 9.51. The molecule has 0 fully saturated rings. The van der Waals surface area contributed by atoms with Crippen LogP contribution in [0.4, 0.5) is 8.78 Å². The van der Waals surface area contributed by atoms with E-state index in [4.69, 9.17) is 21.4 Å². The minimum absolute atomic E-state index is 0.0167. The number of ether oxygens (including phenoxy) is 1. The summed E-state index contributed by atoms with van der Waals surface area (Å²) in [5.74, 6) is -3.42. The third-order valence-corrected chi connectivity index (χ3v) is 4.26. The van der Waals surface area contributed by atoms with Crippen LogP contribution in [-0.2, 0) is 6.54 Å². The molecule has 3 heterocycles. The number of halogens is 3. The molecule has 1 amide bonds. The van der Waals surface area contributed by atoms with Gasteiger partial charge < -0.3 is 15.2 Å². The van der Waals surface area contributed by atoms with Crippen molar-refractivity contribution in [2.75, 3.05) is 19.8 Å². The Bertz CT molecular complexity index is 1040. The molecule has 0 saturated carbocycles. The van der Waals surface area contributed by atoms with Gasteiger partial charge in [0.25, 0.3) is 11.8 Å². The number of hydrogen-bond acceptors (Lipinski definition) is 6. The second kappa shape index (κ2) is 9.31. The first-order valence-electron chi connectivity index (χ1n) is 9.13. The molecule has 3 rings (SSSR count). The van der Waals surface area contributed by atoms with Gasteiger partial charge in [0, 0.05) is 38.7 Å². The van der Waals surface area contributed by atoms with Crippen LogP contribution in [0.15, 0.2) is 30.7 Å². The van der Waals surface area contributed by atoms with E-state index in [0.717, 1.165) is 6.92 Å². The molecule has 0 radical (unpaired) electrons. The molecule has 0 aromatic carbocycles. The number of carbonyl (C=O) groups excluding carboxylic acids is 1. The predicted octanol–water partition coefficient (Wildman–Crippen LogP) is 2.67. The van der Waals surface area contributed by atoms with Crippen molar-refractivity contribution >= 4 is 28.4 Å². The van der Waals surface area contributed by atoms with Crippen LogP contribution in [0, 0.1) is 0 Å². The summed E-state index contributed by atoms with van der Waals surface area (Å²) in [5.41, 5.74) is 1.49. The fourth-order valence-corrected chi connectivity index (χ4v) is 2.90. The first kappa shape index (κ1) is 21.8. The van der Waals surface area contributed by atoms with Gasteiger partial charge in [-0.25, -0.2) is 13.8 Å². The molecule has 8 nitrogen and oxygen atoms in total. The van der Waals surface area contributed by atoms with Crippen molar-refractivity contribution in [2.24, 2.45) is 0 Å². The summed E-state index contributed by atoms with van der Waals surface area (Å²) < 4.78 is 32.4. The van der Waals surface area contributed by atoms with Gasteiger partial charge in [-0.1, -0.05) is 11.6 Å². The van der Waals surface area contributed by atoms with Gasteiger partial charge in [0.15, 0.2) is 6.61 Å². The van der Waals surface area contributed by atoms with Crippen molar-refractivity contribution < 1.29 is 23.4 Å². The molecule has 3 aromatic rings. The monoisotopic (exact) mass is 439 g/mol. The third kappa shape index (κ3) is 5.61. The molecule has 0 aliphatic heterocycles. The van der Waals surface area contributed by atoms with Crippen LogP contribution in [0.5, 0.6) is 5.88 Å². The smallest absolute Gasteiger partial charge is 0.278 e. The number of carbonyl (C=O) groups is 1. The molecule has 0 unspecified atom stereocenters. The topological polar surface area (TPSA) is 102 Å². The minimum Gasteiger partial charge on any atom is -0.470 e. The predicted molar refractivity (Wildman–Crippen MR) is 106 cm³/mol. The van der Waals surface area contributed by atoms with Crippen LogP contribution >= 0.6 is 11.6 Å². The highest BCUT2D eigenvalue weighted by molar-refractivity contribution is 6.31. The van der Waals surface area contributed by atoms with Gasteiger partial charge in [0.1, 0.15) is 10.7 Å². The molecule has 0 saturated heterocycles. The van der Waals surface area contributed by atoms with Crippen molar-refractivity contribution in [2.45, 2.75) is 25.8 Å². The summed E-state index contributed by atoms with van der Waals surface area (Å²) in [6.45, 7) is 0.534. The number of pyridine rings is 2. The number of aliphatic hydroxyl groups is 1. The molecular weight excluding hydrogens is 420 g/mol. The van der Waals surface area contributed by atoms with E-state index in [1.54, 1.807) is 23.0 Å². The maximum Gasteiger partial charge on any atom is 0.278 e. The van der Waals surface area contributed by atoms with E-state index in [2.05, 4.69) is 20.4 Å². The lowest BCUT2D eigenvalue weighted by atomic mass is 10.2. The van der Waals surface area contributed by atoms with Crippen LogP contribution < -0.4 is 10.1 Å². The second-order valence-electron chi connectivity index (χ2n) is 6.74. The summed E-state index contributed by atoms with van der Waals surface area (Å²) in [4.78, 5) is 20.5. The molecule has 0 bridgehead atoms. The van der Waals surface area contributed by atoms with E-state index in [-0.39, 0.29) is 35.7 Å². The number of alkyl halides is 2. The zero-order chi connectivity index (χ0) is 21.7. The summed E-state index contributed by atoms with van der Waals surface area (Å²) in [6, 6.07) is 3.24. The molecule has 3 aromatic heterocycles. The van der Waals surface area contributed by atoms with Gasteiger partial charge in [-0.3, -0.25) is 14.5 Å². The molecule has 2 N–H and O–H groups in total. The van der Waals surface area contributed by atoms with Gasteiger partial charge in [-0.05, 0) is 24.1 Å². The second-order valence-corrected chi connectivity index (χ2v) is 7.15. The number of fused-ring (bicyclic) bond motifs is 1. The van der Waals surface area contributed by atoms with Crippen LogP contribution in [0.2, 0.25) is 5.02 Å². The molecular formula is C19H20ClF2N5O3. The van der Waals surface area contributed by atoms with Gasteiger partial charge >= 0.3 is 0 Å². The fourth-order valence-electron chi connectivity index (χ4n) is 2.66. The SMILES string of the molecule is CC(F)(F)COc1ncc(Cn2cc3c(C(=O)NCCCO)nccc3n2)cc1Cl. The molecule has 0 aliphatic carbocycles. The Hall–Kier alpha value is -2.85. The largest absolute Gasteiger partial charge is 0.470 e. The van der Waals surface area contributed by atoms with Crippen LogP contribution in [-0.4, -0.2) is 56.4 Å². The number of nitrogens with zero attached hydrogens (tertiary/aromatic N) is 4. The Balaban J connectivity index is 1.75. The van der Waals surface area contributed by atoms with E-state index in [0.29, 0.717) is 29.4 Å². The van der Waals surface area contributed by atoms with Gasteiger partial charge in [-0.2, -0.15) is 5.10 Å². The van der Waals surface area contributed by atoms with E-state index in [1.165, 1.54) is 12.4 Å². The van der Waals surface area contributed by atoms with E-state index >= 15 is 0 Å². The normalized spacial score (nSPS) is 11.6. The summed E-state index contributed by atoms with van der Waals surface area (Å²) in [5, 5.41) is 16.6. The van der Waals surface area contributed by atoms with Crippen molar-refractivity contribution in [3.05, 3.63) is 47.0 Å². The summed E-state index contributed by atoms with van der Waals surface area (Å²) in [7, 11) is 0. The van der Waals surface area contributed by atoms with Crippen molar-refractivity contribution in [1.82, 2.24) is 25.1 Å². The van der Waals surface area contributed by atoms with Crippen LogP contribution in [0.1, 0.15) is 29.4 Å². The average Bonchev–Trinajstić information content (AvgIpc) is 3.09. The number of aliphatic hydroxyl groups excluding tert-OH is 1. The van der Waals surface area contributed by atoms with Gasteiger partial charge in [-0.15, -0.1) is 0 Å². The Morgan fingerprint density at radius 2 is 2.20 bits per heavy atom. The van der Waals surface area contributed by atoms with Crippen LogP contribution in [0.25, 0.3) is 10.9 Å². The van der Waals surface area contributed by atoms with Gasteiger partial charge in [0.2, 0.25) is 5.88 Å². The zero-order valence-electron chi connectivity index (χ0n) is 16.1. The summed E-state index contributed by atoms with van der Waals surface area (Å²) in [6.07, 6.45) is 5.08. The molecule has 160 valence electrons. The third-order valence-electron chi connectivity index (χ3n) is 3.99. The van der Waals surface area contributed by atoms with E-state index in [1.807, 2.05) is 0 Å². The number of aromatic nitrogens is 4. The molecule has 0 aliphatic rings. The Morgan fingerprint density at radius 3 is 2.90 bits per heavy atom. The van der Waals surface area contributed by atoms with Crippen molar-refractivity contribution in [3.8, 4) is 5.88 Å². The number of hydrogen-bond donors (Lipinski definition) is 2. The van der Waals surface area contributed by atoms with E-state index < -0.39 is 12.5 Å². The molecule has 0 spiro atoms. The maximum absolute atomic E-state index is 12.9. The Labute approximate surface area is 175 Å². The number of rotatable bonds is 9. The minimum atomic E-state index is -2.99. The summed E-state index contributed by atoms with van der Waals surface area (Å²) >= 11 is 6.09. The Kier molecular flexibility index (Phi) is 6.78. The van der Waals surface area contributed by atoms with Gasteiger partial charge in [0.05, 0.1) is 17.4 Å². The number of amides is 1. The average molecular weight is 440 g/mol. The van der Waals surface area contributed by atoms with E-state index in [9.17, 15) is 13.6 Å². The highest BCUT2D eigenvalue weighted by Crippen LogP contribution is 2.25. The first-order chi connectivity index (χ1) is 14.3. The highest BCUT2D eigenvalue weighted by Gasteiger charge is 2.23. The fraction of sp³-hybridized carbons (Fsp3) is 0.368. The lowest BCUT2D eigenvalue weighted by Gasteiger charge is -2.12. The van der Waals surface area contributed by atoms with Crippen LogP contribution in [0.3, 0.4) is 0 Å². The lowest BCUT2D eigenvalue weighted by molar-refractivity contribution is -0.0242. The molecule has 11 heteroatoms. The van der Waals surface area contributed by atoms with Crippen molar-refractivity contribution in [1.29, 1.82) is 0 Å². The number of nitrogens with one attached hydrogen (secondary N) is 1. The molecule has 30 heavy (non-hydrogen) atoms. The highest BCUT2D eigenvalue weighted by atomic mass is 35.5. The quantitative estimate of drug-likeness (QED) is 0.497. The Morgan fingerprint density at radius 1 is 1.40 bits per heavy atom. The maximum atomic E-state index is 12.9. The zero-order valence-corrected chi connectivity index (χ0v) is 16.9. The lowest BCUT2D eigenvalue weighted by Crippen LogP contribution is -2.26.